The molecule has 7 nitrogen and oxygen atoms in total. The number of aryl methyl sites for hydroxylation is 1. The summed E-state index contributed by atoms with van der Waals surface area (Å²) in [7, 11) is 1.59. The van der Waals surface area contributed by atoms with Crippen molar-refractivity contribution in [3.8, 4) is 5.75 Å². The van der Waals surface area contributed by atoms with Gasteiger partial charge < -0.3 is 19.7 Å². The lowest BCUT2D eigenvalue weighted by Crippen LogP contribution is -2.45. The molecule has 2 heterocycles. The van der Waals surface area contributed by atoms with E-state index >= 15 is 0 Å². The van der Waals surface area contributed by atoms with Crippen LogP contribution in [-0.2, 0) is 11.2 Å². The number of likely N-dealkylation sites (tertiary alicyclic amines) is 1. The summed E-state index contributed by atoms with van der Waals surface area (Å²) >= 11 is 0. The Morgan fingerprint density at radius 2 is 1.97 bits per heavy atom. The zero-order chi connectivity index (χ0) is 22.0. The van der Waals surface area contributed by atoms with Crippen LogP contribution in [0.4, 0.5) is 0 Å². The molecule has 1 amide bonds. The molecule has 1 aromatic heterocycles. The standard InChI is InChI=1S/C24H27N3O4/c1-15-3-8-20-21(11-15)26-22(25-20)12-18-14-27(10-9-17(18)13-23(28)29)24(30)16-4-6-19(31-2)7-5-16/h3-8,11,17-18H,9-10,12-14H2,1-2H3,(H,25,26)(H,28,29). The van der Waals surface area contributed by atoms with E-state index in [-0.39, 0.29) is 24.2 Å². The molecule has 0 spiro atoms. The third-order valence-electron chi connectivity index (χ3n) is 6.09. The lowest BCUT2D eigenvalue weighted by Gasteiger charge is -2.38. The van der Waals surface area contributed by atoms with Gasteiger partial charge in [-0.15, -0.1) is 0 Å². The molecule has 2 N–H and O–H groups in total. The summed E-state index contributed by atoms with van der Waals surface area (Å²) in [6.07, 6.45) is 1.38. The van der Waals surface area contributed by atoms with Crippen LogP contribution < -0.4 is 4.74 Å². The van der Waals surface area contributed by atoms with E-state index in [0.717, 1.165) is 22.4 Å². The maximum Gasteiger partial charge on any atom is 0.303 e. The lowest BCUT2D eigenvalue weighted by molar-refractivity contribution is -0.139. The molecule has 0 bridgehead atoms. The number of nitrogens with zero attached hydrogens (tertiary/aromatic N) is 2. The number of fused-ring (bicyclic) bond motifs is 1. The fourth-order valence-electron chi connectivity index (χ4n) is 4.43. The van der Waals surface area contributed by atoms with Crippen molar-refractivity contribution in [3.63, 3.8) is 0 Å². The molecule has 0 saturated carbocycles. The molecule has 2 unspecified atom stereocenters. The van der Waals surface area contributed by atoms with Gasteiger partial charge in [0.2, 0.25) is 0 Å². The van der Waals surface area contributed by atoms with E-state index in [4.69, 9.17) is 4.74 Å². The number of carbonyl (C=O) groups excluding carboxylic acids is 1. The van der Waals surface area contributed by atoms with Crippen molar-refractivity contribution in [3.05, 3.63) is 59.4 Å². The summed E-state index contributed by atoms with van der Waals surface area (Å²) in [6, 6.07) is 13.1. The molecule has 162 valence electrons. The van der Waals surface area contributed by atoms with Crippen molar-refractivity contribution in [1.82, 2.24) is 14.9 Å². The van der Waals surface area contributed by atoms with Gasteiger partial charge in [0.05, 0.1) is 18.1 Å². The van der Waals surface area contributed by atoms with E-state index < -0.39 is 5.97 Å². The Bertz CT molecular complexity index is 1090. The molecular weight excluding hydrogens is 394 g/mol. The monoisotopic (exact) mass is 421 g/mol. The summed E-state index contributed by atoms with van der Waals surface area (Å²) in [5.41, 5.74) is 3.64. The van der Waals surface area contributed by atoms with Crippen LogP contribution in [-0.4, -0.2) is 52.1 Å². The highest BCUT2D eigenvalue weighted by molar-refractivity contribution is 5.94. The topological polar surface area (TPSA) is 95.5 Å². The minimum Gasteiger partial charge on any atom is -0.497 e. The number of aliphatic carboxylic acids is 1. The van der Waals surface area contributed by atoms with Gasteiger partial charge in [0.25, 0.3) is 5.91 Å². The van der Waals surface area contributed by atoms with E-state index in [1.165, 1.54) is 0 Å². The third-order valence-corrected chi connectivity index (χ3v) is 6.09. The third kappa shape index (κ3) is 4.71. The molecule has 7 heteroatoms. The summed E-state index contributed by atoms with van der Waals surface area (Å²) in [4.78, 5) is 34.4. The average molecular weight is 421 g/mol. The largest absolute Gasteiger partial charge is 0.497 e. The smallest absolute Gasteiger partial charge is 0.303 e. The number of carboxylic acids is 1. The number of imidazole rings is 1. The van der Waals surface area contributed by atoms with Crippen LogP contribution in [0.3, 0.4) is 0 Å². The van der Waals surface area contributed by atoms with Crippen LogP contribution >= 0.6 is 0 Å². The fraction of sp³-hybridized carbons (Fsp3) is 0.375. The minimum atomic E-state index is -0.801. The first-order valence-corrected chi connectivity index (χ1v) is 10.5. The Hall–Kier alpha value is -3.35. The quantitative estimate of drug-likeness (QED) is 0.633. The van der Waals surface area contributed by atoms with Gasteiger partial charge in [-0.1, -0.05) is 6.07 Å². The number of carboxylic acid groups (broad SMARTS) is 1. The van der Waals surface area contributed by atoms with Crippen molar-refractivity contribution in [1.29, 1.82) is 0 Å². The van der Waals surface area contributed by atoms with Gasteiger partial charge in [-0.05, 0) is 67.1 Å². The first-order chi connectivity index (χ1) is 14.9. The Kier molecular flexibility index (Phi) is 5.93. The number of H-pyrrole nitrogens is 1. The molecule has 1 saturated heterocycles. The molecule has 31 heavy (non-hydrogen) atoms. The molecule has 2 atom stereocenters. The normalized spacial score (nSPS) is 18.8. The van der Waals surface area contributed by atoms with Gasteiger partial charge >= 0.3 is 5.97 Å². The number of carbonyl (C=O) groups is 2. The number of aromatic nitrogens is 2. The number of hydrogen-bond donors (Lipinski definition) is 2. The minimum absolute atomic E-state index is 0.00682. The van der Waals surface area contributed by atoms with E-state index in [0.29, 0.717) is 37.2 Å². The van der Waals surface area contributed by atoms with E-state index in [1.54, 1.807) is 31.4 Å². The number of methoxy groups -OCH3 is 1. The van der Waals surface area contributed by atoms with Gasteiger partial charge in [0.15, 0.2) is 0 Å². The second-order valence-electron chi connectivity index (χ2n) is 8.29. The zero-order valence-electron chi connectivity index (χ0n) is 17.8. The summed E-state index contributed by atoms with van der Waals surface area (Å²) in [6.45, 7) is 3.10. The van der Waals surface area contributed by atoms with Gasteiger partial charge in [0, 0.05) is 31.5 Å². The van der Waals surface area contributed by atoms with Crippen LogP contribution in [0.25, 0.3) is 11.0 Å². The summed E-state index contributed by atoms with van der Waals surface area (Å²) in [5, 5.41) is 9.38. The predicted octanol–water partition coefficient (Wildman–Crippen LogP) is 3.68. The number of ether oxygens (including phenoxy) is 1. The van der Waals surface area contributed by atoms with Gasteiger partial charge in [-0.3, -0.25) is 9.59 Å². The second-order valence-corrected chi connectivity index (χ2v) is 8.29. The molecular formula is C24H27N3O4. The first-order valence-electron chi connectivity index (χ1n) is 10.5. The Balaban J connectivity index is 1.53. The maximum atomic E-state index is 13.0. The number of benzene rings is 2. The number of nitrogens with one attached hydrogen (secondary N) is 1. The molecule has 1 aliphatic heterocycles. The highest BCUT2D eigenvalue weighted by Crippen LogP contribution is 2.30. The predicted molar refractivity (Wildman–Crippen MR) is 117 cm³/mol. The molecule has 0 aliphatic carbocycles. The molecule has 1 fully saturated rings. The Morgan fingerprint density at radius 3 is 2.68 bits per heavy atom. The second kappa shape index (κ2) is 8.79. The Morgan fingerprint density at radius 1 is 1.19 bits per heavy atom. The van der Waals surface area contributed by atoms with Crippen LogP contribution in [0.5, 0.6) is 5.75 Å². The van der Waals surface area contributed by atoms with Crippen molar-refractivity contribution < 1.29 is 19.4 Å². The number of aromatic amines is 1. The fourth-order valence-corrected chi connectivity index (χ4v) is 4.43. The molecule has 2 aromatic carbocycles. The van der Waals surface area contributed by atoms with E-state index in [9.17, 15) is 14.7 Å². The lowest BCUT2D eigenvalue weighted by atomic mass is 9.81. The van der Waals surface area contributed by atoms with Crippen LogP contribution in [0.1, 0.15) is 34.6 Å². The highest BCUT2D eigenvalue weighted by Gasteiger charge is 2.33. The highest BCUT2D eigenvalue weighted by atomic mass is 16.5. The SMILES string of the molecule is COc1ccc(C(=O)N2CCC(CC(=O)O)C(Cc3nc4ccc(C)cc4[nH]3)C2)cc1. The summed E-state index contributed by atoms with van der Waals surface area (Å²) in [5.74, 6) is 0.724. The molecule has 0 radical (unpaired) electrons. The van der Waals surface area contributed by atoms with Crippen molar-refractivity contribution in [2.75, 3.05) is 20.2 Å². The van der Waals surface area contributed by atoms with Crippen LogP contribution in [0.2, 0.25) is 0 Å². The molecule has 3 aromatic rings. The van der Waals surface area contributed by atoms with E-state index in [1.807, 2.05) is 24.0 Å². The number of amides is 1. The van der Waals surface area contributed by atoms with Gasteiger partial charge in [-0.2, -0.15) is 0 Å². The van der Waals surface area contributed by atoms with Gasteiger partial charge in [-0.25, -0.2) is 4.98 Å². The zero-order valence-corrected chi connectivity index (χ0v) is 17.8. The van der Waals surface area contributed by atoms with Crippen molar-refractivity contribution >= 4 is 22.9 Å². The first kappa shape index (κ1) is 20.9. The Labute approximate surface area is 181 Å². The van der Waals surface area contributed by atoms with Crippen LogP contribution in [0, 0.1) is 18.8 Å². The number of hydrogen-bond acceptors (Lipinski definition) is 4. The molecule has 1 aliphatic rings. The van der Waals surface area contributed by atoms with Gasteiger partial charge in [0.1, 0.15) is 11.6 Å². The number of rotatable bonds is 6. The maximum absolute atomic E-state index is 13.0. The summed E-state index contributed by atoms with van der Waals surface area (Å²) < 4.78 is 5.17. The average Bonchev–Trinajstić information content (AvgIpc) is 3.15. The van der Waals surface area contributed by atoms with E-state index in [2.05, 4.69) is 16.0 Å². The molecule has 4 rings (SSSR count). The van der Waals surface area contributed by atoms with Crippen molar-refractivity contribution in [2.45, 2.75) is 26.2 Å². The van der Waals surface area contributed by atoms with Crippen molar-refractivity contribution in [2.24, 2.45) is 11.8 Å². The van der Waals surface area contributed by atoms with Crippen LogP contribution in [0.15, 0.2) is 42.5 Å². The number of piperidine rings is 1.